The summed E-state index contributed by atoms with van der Waals surface area (Å²) in [6, 6.07) is 11.0. The average molecular weight is 554 g/mol. The molecular formula is C30H28ClN7O2. The van der Waals surface area contributed by atoms with Crippen LogP contribution >= 0.6 is 11.6 Å². The van der Waals surface area contributed by atoms with Gasteiger partial charge in [0.15, 0.2) is 0 Å². The molecule has 2 amide bonds. The van der Waals surface area contributed by atoms with E-state index in [1.54, 1.807) is 46.8 Å². The van der Waals surface area contributed by atoms with Crippen LogP contribution < -0.4 is 11.1 Å². The van der Waals surface area contributed by atoms with E-state index in [0.29, 0.717) is 41.8 Å². The average Bonchev–Trinajstić information content (AvgIpc) is 3.73. The molecule has 202 valence electrons. The number of piperidine rings is 1. The molecule has 3 N–H and O–H groups in total. The minimum absolute atomic E-state index is 0.0151. The van der Waals surface area contributed by atoms with Crippen LogP contribution in [0.4, 0.5) is 11.8 Å². The number of pyridine rings is 1. The van der Waals surface area contributed by atoms with E-state index in [1.807, 2.05) is 18.2 Å². The molecule has 3 aromatic heterocycles. The van der Waals surface area contributed by atoms with Crippen LogP contribution in [0.2, 0.25) is 5.02 Å². The Kier molecular flexibility index (Phi) is 6.86. The molecular weight excluding hydrogens is 526 g/mol. The maximum absolute atomic E-state index is 13.1. The number of benzene rings is 1. The second kappa shape index (κ2) is 10.6. The van der Waals surface area contributed by atoms with E-state index in [4.69, 9.17) is 22.3 Å². The minimum Gasteiger partial charge on any atom is -0.369 e. The zero-order chi connectivity index (χ0) is 27.8. The Balaban J connectivity index is 1.31. The third-order valence-corrected chi connectivity index (χ3v) is 7.80. The van der Waals surface area contributed by atoms with E-state index in [0.717, 1.165) is 24.1 Å². The van der Waals surface area contributed by atoms with Gasteiger partial charge in [-0.05, 0) is 80.3 Å². The van der Waals surface area contributed by atoms with Crippen molar-refractivity contribution in [3.05, 3.63) is 70.6 Å². The summed E-state index contributed by atoms with van der Waals surface area (Å²) in [6.07, 6.45) is 7.43. The third kappa shape index (κ3) is 4.98. The lowest BCUT2D eigenvalue weighted by Gasteiger charge is -2.30. The highest BCUT2D eigenvalue weighted by atomic mass is 35.5. The number of likely N-dealkylation sites (tertiary alicyclic amines) is 1. The lowest BCUT2D eigenvalue weighted by Crippen LogP contribution is -2.38. The van der Waals surface area contributed by atoms with Gasteiger partial charge in [0.05, 0.1) is 21.8 Å². The third-order valence-electron chi connectivity index (χ3n) is 7.48. The van der Waals surface area contributed by atoms with Gasteiger partial charge in [-0.15, -0.1) is 0 Å². The molecule has 1 aliphatic carbocycles. The number of nitrogen functional groups attached to an aromatic ring is 1. The largest absolute Gasteiger partial charge is 0.369 e. The number of anilines is 2. The Morgan fingerprint density at radius 2 is 1.90 bits per heavy atom. The Bertz CT molecular complexity index is 1700. The first-order valence-electron chi connectivity index (χ1n) is 13.3. The number of fused-ring (bicyclic) bond motifs is 1. The van der Waals surface area contributed by atoms with Gasteiger partial charge in [-0.1, -0.05) is 23.6 Å². The first-order valence-corrected chi connectivity index (χ1v) is 13.7. The number of rotatable bonds is 5. The normalized spacial score (nSPS) is 16.9. The number of hydrogen-bond acceptors (Lipinski definition) is 6. The molecule has 0 radical (unpaired) electrons. The smallest absolute Gasteiger partial charge is 0.298 e. The fourth-order valence-corrected chi connectivity index (χ4v) is 5.62. The summed E-state index contributed by atoms with van der Waals surface area (Å²) in [5.41, 5.74) is 10.2. The van der Waals surface area contributed by atoms with Crippen LogP contribution in [0.1, 0.15) is 66.1 Å². The van der Waals surface area contributed by atoms with Crippen molar-refractivity contribution in [3.8, 4) is 23.2 Å². The molecule has 4 heterocycles. The first-order chi connectivity index (χ1) is 19.4. The molecule has 10 heteroatoms. The molecule has 40 heavy (non-hydrogen) atoms. The Morgan fingerprint density at radius 1 is 1.07 bits per heavy atom. The molecule has 2 fully saturated rings. The van der Waals surface area contributed by atoms with Crippen molar-refractivity contribution in [1.82, 2.24) is 24.3 Å². The van der Waals surface area contributed by atoms with Crippen molar-refractivity contribution < 1.29 is 9.59 Å². The lowest BCUT2D eigenvalue weighted by molar-refractivity contribution is -0.126. The summed E-state index contributed by atoms with van der Waals surface area (Å²) in [6.45, 7) is 2.86. The number of amides is 2. The van der Waals surface area contributed by atoms with Gasteiger partial charge in [0, 0.05) is 37.0 Å². The van der Waals surface area contributed by atoms with Gasteiger partial charge < -0.3 is 16.0 Å². The van der Waals surface area contributed by atoms with E-state index in [1.165, 1.54) is 18.4 Å². The summed E-state index contributed by atoms with van der Waals surface area (Å²) in [7, 11) is 0. The number of aromatic nitrogens is 4. The van der Waals surface area contributed by atoms with E-state index in [9.17, 15) is 9.59 Å². The Labute approximate surface area is 236 Å². The Hall–Kier alpha value is -4.42. The van der Waals surface area contributed by atoms with Crippen molar-refractivity contribution >= 4 is 40.7 Å². The van der Waals surface area contributed by atoms with Gasteiger partial charge >= 0.3 is 0 Å². The van der Waals surface area contributed by atoms with Crippen LogP contribution in [-0.4, -0.2) is 49.2 Å². The molecule has 6 rings (SSSR count). The van der Waals surface area contributed by atoms with E-state index < -0.39 is 0 Å². The Morgan fingerprint density at radius 3 is 2.67 bits per heavy atom. The zero-order valence-corrected chi connectivity index (χ0v) is 22.8. The maximum atomic E-state index is 13.1. The molecule has 1 aromatic carbocycles. The number of carbonyl (C=O) groups excluding carboxylic acids is 2. The first kappa shape index (κ1) is 25.8. The standard InChI is InChI=1S/C30H28ClN7O2/c1-2-4-26(39)37-14-3-5-21(17-37)27-24-11-13-34-30(32)38(24)28(36-27)20-8-9-22(23(31)15-20)29(40)35-25-16-19(10-12-33-25)18-6-7-18/h8-13,15-16,18,21H,3,5-7,14,17H2,1H3,(H2,32,34)(H,33,35,40). The number of nitrogens with one attached hydrogen (secondary N) is 1. The van der Waals surface area contributed by atoms with Crippen molar-refractivity contribution in [2.45, 2.75) is 44.4 Å². The van der Waals surface area contributed by atoms with Crippen LogP contribution in [0.15, 0.2) is 48.8 Å². The van der Waals surface area contributed by atoms with Crippen LogP contribution in [0, 0.1) is 11.8 Å². The highest BCUT2D eigenvalue weighted by Gasteiger charge is 2.29. The number of imidazole rings is 1. The summed E-state index contributed by atoms with van der Waals surface area (Å²) >= 11 is 6.64. The van der Waals surface area contributed by atoms with Gasteiger partial charge in [0.1, 0.15) is 11.6 Å². The van der Waals surface area contributed by atoms with Crippen LogP contribution in [-0.2, 0) is 4.79 Å². The minimum atomic E-state index is -0.339. The number of hydrogen-bond donors (Lipinski definition) is 2. The summed E-state index contributed by atoms with van der Waals surface area (Å²) < 4.78 is 1.79. The number of halogens is 1. The summed E-state index contributed by atoms with van der Waals surface area (Å²) in [5.74, 6) is 6.75. The fraction of sp³-hybridized carbons (Fsp3) is 0.300. The van der Waals surface area contributed by atoms with Crippen LogP contribution in [0.25, 0.3) is 16.9 Å². The van der Waals surface area contributed by atoms with E-state index in [2.05, 4.69) is 27.1 Å². The zero-order valence-electron chi connectivity index (χ0n) is 22.0. The van der Waals surface area contributed by atoms with E-state index in [-0.39, 0.29) is 28.7 Å². The predicted octanol–water partition coefficient (Wildman–Crippen LogP) is 4.89. The second-order valence-corrected chi connectivity index (χ2v) is 10.6. The highest BCUT2D eigenvalue weighted by molar-refractivity contribution is 6.34. The molecule has 1 unspecified atom stereocenters. The molecule has 1 saturated carbocycles. The number of nitrogens with zero attached hydrogens (tertiary/aromatic N) is 5. The van der Waals surface area contributed by atoms with Crippen molar-refractivity contribution in [2.75, 3.05) is 24.1 Å². The lowest BCUT2D eigenvalue weighted by atomic mass is 9.94. The van der Waals surface area contributed by atoms with Gasteiger partial charge in [0.2, 0.25) is 5.95 Å². The van der Waals surface area contributed by atoms with Gasteiger partial charge in [-0.3, -0.25) is 14.0 Å². The second-order valence-electron chi connectivity index (χ2n) is 10.2. The molecule has 0 bridgehead atoms. The van der Waals surface area contributed by atoms with E-state index >= 15 is 0 Å². The molecule has 2 aliphatic rings. The quantitative estimate of drug-likeness (QED) is 0.340. The molecule has 0 spiro atoms. The molecule has 4 aromatic rings. The molecule has 9 nitrogen and oxygen atoms in total. The summed E-state index contributed by atoms with van der Waals surface area (Å²) in [5, 5.41) is 3.14. The maximum Gasteiger partial charge on any atom is 0.298 e. The SMILES string of the molecule is CC#CC(=O)N1CCCC(c2nc(-c3ccc(C(=O)Nc4cc(C5CC5)ccn4)c(Cl)c3)n3c(N)nccc23)C1. The predicted molar refractivity (Wildman–Crippen MR) is 154 cm³/mol. The molecule has 1 atom stereocenters. The fourth-order valence-electron chi connectivity index (χ4n) is 5.36. The van der Waals surface area contributed by atoms with Gasteiger partial charge in [-0.2, -0.15) is 0 Å². The summed E-state index contributed by atoms with van der Waals surface area (Å²) in [4.78, 5) is 40.8. The van der Waals surface area contributed by atoms with Gasteiger partial charge in [-0.25, -0.2) is 15.0 Å². The number of carbonyl (C=O) groups is 2. The molecule has 1 aliphatic heterocycles. The van der Waals surface area contributed by atoms with Crippen molar-refractivity contribution in [3.63, 3.8) is 0 Å². The monoisotopic (exact) mass is 553 g/mol. The van der Waals surface area contributed by atoms with Crippen LogP contribution in [0.3, 0.4) is 0 Å². The van der Waals surface area contributed by atoms with Gasteiger partial charge in [0.25, 0.3) is 11.8 Å². The molecule has 1 saturated heterocycles. The van der Waals surface area contributed by atoms with Crippen molar-refractivity contribution in [1.29, 1.82) is 0 Å². The van der Waals surface area contributed by atoms with Crippen LogP contribution in [0.5, 0.6) is 0 Å². The highest BCUT2D eigenvalue weighted by Crippen LogP contribution is 2.40. The number of nitrogens with two attached hydrogens (primary N) is 1. The van der Waals surface area contributed by atoms with Crippen molar-refractivity contribution in [2.24, 2.45) is 0 Å². The topological polar surface area (TPSA) is 119 Å².